The number of anilines is 1. The Labute approximate surface area is 442 Å². The third-order valence-electron chi connectivity index (χ3n) is 15.3. The number of fused-ring (bicyclic) bond motifs is 10. The predicted molar refractivity (Wildman–Crippen MR) is 277 cm³/mol. The maximum atomic E-state index is 13.6. The topological polar surface area (TPSA) is 237 Å². The molecule has 2 saturated heterocycles. The fourth-order valence-corrected chi connectivity index (χ4v) is 11.9. The number of nitrogens with zero attached hydrogens (tertiary/aromatic N) is 10. The van der Waals surface area contributed by atoms with Crippen LogP contribution in [0.1, 0.15) is 52.6 Å². The summed E-state index contributed by atoms with van der Waals surface area (Å²) in [5, 5.41) is 23.8. The van der Waals surface area contributed by atoms with Gasteiger partial charge in [0, 0.05) is 50.7 Å². The van der Waals surface area contributed by atoms with E-state index in [1.54, 1.807) is 48.2 Å². The average molecular weight is 1050 g/mol. The van der Waals surface area contributed by atoms with E-state index in [0.29, 0.717) is 52.5 Å². The first kappa shape index (κ1) is 47.9. The Morgan fingerprint density at radius 2 is 1.09 bits per heavy atom. The van der Waals surface area contributed by atoms with Gasteiger partial charge >= 0.3 is 0 Å². The van der Waals surface area contributed by atoms with E-state index < -0.39 is 35.0 Å². The van der Waals surface area contributed by atoms with Crippen molar-refractivity contribution in [2.75, 3.05) is 45.8 Å². The molecule has 6 aliphatic rings. The van der Waals surface area contributed by atoms with E-state index in [9.17, 15) is 39.3 Å². The zero-order valence-corrected chi connectivity index (χ0v) is 42.0. The van der Waals surface area contributed by atoms with Gasteiger partial charge in [0.2, 0.25) is 43.1 Å². The van der Waals surface area contributed by atoms with Crippen molar-refractivity contribution in [2.24, 2.45) is 0 Å². The molecule has 4 aromatic heterocycles. The standard InChI is InChI=1S/C29H25N5O6.C27H21N5O6/c1-16(35)34(38)18-8-10-25(30-13-18)32-21-6-4-3-5-19(21)20-12-22-29(37)31(2)14-26(36)33(22)27(28(20)32)17-7-9-23-24(11-17)40-15-39-23;1-29-13-24(33)31-20(27(29)34)11-18-17-4-2-3-5-19(17)30(23-9-7-16(12-28-23)32(35)36)26(18)25(31)15-6-8-21-22(10-15)38-14-37-21/h3-11,13,22,27,38H,12,14-15H2,1-2H3;2-10,12,20,25H,11,13-14H2,1H3/t22-,27-;20-,25-/m11/s1. The quantitative estimate of drug-likeness (QED) is 0.118. The molecule has 4 aromatic carbocycles. The SMILES string of the molecule is CC(=O)N(O)c1ccc(-n2c3c(c4ccccc42)C[C@@H]2C(=O)N(C)CC(=O)N2[C@@H]3c2ccc3c(c2)OCO3)nc1.CN1CC(=O)N2[C@H](c3ccc4c(c3)OCO4)c3c(c4ccccc4n3-c3ccc([N+](=O)[O-])cn3)C[C@@H]2C1=O. The molecular formula is C56H46N10O12. The highest BCUT2D eigenvalue weighted by molar-refractivity contribution is 5.99. The van der Waals surface area contributed by atoms with Gasteiger partial charge in [-0.3, -0.25) is 48.4 Å². The molecule has 1 N–H and O–H groups in total. The molecule has 6 aliphatic heterocycles. The van der Waals surface area contributed by atoms with Gasteiger partial charge in [0.05, 0.1) is 64.4 Å². The highest BCUT2D eigenvalue weighted by Crippen LogP contribution is 2.49. The van der Waals surface area contributed by atoms with Gasteiger partial charge in [0.15, 0.2) is 23.0 Å². The Bertz CT molecular complexity index is 3880. The number of hydrogen-bond donors (Lipinski definition) is 1. The summed E-state index contributed by atoms with van der Waals surface area (Å²) in [7, 11) is 3.30. The molecule has 0 unspecified atom stereocenters. The number of benzene rings is 4. The molecule has 392 valence electrons. The summed E-state index contributed by atoms with van der Waals surface area (Å²) in [6.07, 6.45) is 3.34. The fourth-order valence-electron chi connectivity index (χ4n) is 11.9. The smallest absolute Gasteiger partial charge is 0.287 e. The number of hydroxylamine groups is 1. The average Bonchev–Trinajstić information content (AvgIpc) is 4.41. The Hall–Kier alpha value is -9.83. The number of aromatic nitrogens is 4. The van der Waals surface area contributed by atoms with Crippen LogP contribution in [0.4, 0.5) is 11.4 Å². The lowest BCUT2D eigenvalue weighted by Gasteiger charge is -2.46. The van der Waals surface area contributed by atoms with Crippen molar-refractivity contribution in [1.82, 2.24) is 38.7 Å². The summed E-state index contributed by atoms with van der Waals surface area (Å²) in [4.78, 5) is 91.9. The molecule has 0 bridgehead atoms. The molecule has 78 heavy (non-hydrogen) atoms. The number of nitro groups is 1. The molecule has 22 heteroatoms. The Kier molecular flexibility index (Phi) is 11.2. The number of carbonyl (C=O) groups excluding carboxylic acids is 5. The van der Waals surface area contributed by atoms with Crippen LogP contribution in [0.25, 0.3) is 33.4 Å². The van der Waals surface area contributed by atoms with E-state index in [1.165, 1.54) is 35.2 Å². The van der Waals surface area contributed by atoms with Crippen molar-refractivity contribution in [2.45, 2.75) is 43.9 Å². The Balaban J connectivity index is 0.000000149. The summed E-state index contributed by atoms with van der Waals surface area (Å²) in [6, 6.07) is 30.5. The molecule has 22 nitrogen and oxygen atoms in total. The number of ether oxygens (including phenoxy) is 4. The van der Waals surface area contributed by atoms with Crippen molar-refractivity contribution in [3.8, 4) is 34.6 Å². The largest absolute Gasteiger partial charge is 0.454 e. The first-order valence-corrected chi connectivity index (χ1v) is 25.0. The second-order valence-corrected chi connectivity index (χ2v) is 19.7. The van der Waals surface area contributed by atoms with Crippen molar-refractivity contribution in [1.29, 1.82) is 0 Å². The fraction of sp³-hybridized carbons (Fsp3) is 0.232. The molecule has 4 atom stereocenters. The van der Waals surface area contributed by atoms with Gasteiger partial charge in [0.1, 0.15) is 29.9 Å². The predicted octanol–water partition coefficient (Wildman–Crippen LogP) is 5.79. The second-order valence-electron chi connectivity index (χ2n) is 19.7. The lowest BCUT2D eigenvalue weighted by molar-refractivity contribution is -0.385. The minimum absolute atomic E-state index is 0.0176. The summed E-state index contributed by atoms with van der Waals surface area (Å²) in [5.74, 6) is 2.30. The van der Waals surface area contributed by atoms with Crippen LogP contribution in [0.5, 0.6) is 23.0 Å². The summed E-state index contributed by atoms with van der Waals surface area (Å²) in [5.41, 5.74) is 6.83. The molecule has 0 spiro atoms. The molecule has 14 rings (SSSR count). The summed E-state index contributed by atoms with van der Waals surface area (Å²) < 4.78 is 26.3. The van der Waals surface area contributed by atoms with Crippen LogP contribution in [0.15, 0.2) is 122 Å². The zero-order chi connectivity index (χ0) is 53.8. The highest BCUT2D eigenvalue weighted by Gasteiger charge is 2.50. The third kappa shape index (κ3) is 7.45. The van der Waals surface area contributed by atoms with Crippen LogP contribution in [0.3, 0.4) is 0 Å². The van der Waals surface area contributed by atoms with Gasteiger partial charge in [-0.2, -0.15) is 5.06 Å². The number of hydrogen-bond acceptors (Lipinski definition) is 14. The number of para-hydroxylation sites is 2. The molecule has 2 fully saturated rings. The minimum Gasteiger partial charge on any atom is -0.454 e. The lowest BCUT2D eigenvalue weighted by Crippen LogP contribution is -2.62. The molecule has 8 aromatic rings. The Morgan fingerprint density at radius 3 is 1.53 bits per heavy atom. The molecule has 5 amide bonds. The molecule has 0 saturated carbocycles. The van der Waals surface area contributed by atoms with Gasteiger partial charge in [-0.1, -0.05) is 48.5 Å². The van der Waals surface area contributed by atoms with Crippen molar-refractivity contribution >= 4 is 62.7 Å². The maximum absolute atomic E-state index is 13.6. The van der Waals surface area contributed by atoms with E-state index in [2.05, 4.69) is 9.97 Å². The number of carbonyl (C=O) groups is 5. The van der Waals surface area contributed by atoms with Crippen molar-refractivity contribution in [3.05, 3.63) is 165 Å². The van der Waals surface area contributed by atoms with Crippen LogP contribution >= 0.6 is 0 Å². The molecule has 0 aliphatic carbocycles. The number of pyridine rings is 2. The lowest BCUT2D eigenvalue weighted by atomic mass is 9.86. The van der Waals surface area contributed by atoms with Crippen LogP contribution in [-0.2, 0) is 36.8 Å². The first-order valence-electron chi connectivity index (χ1n) is 25.0. The highest BCUT2D eigenvalue weighted by atomic mass is 16.7. The zero-order valence-electron chi connectivity index (χ0n) is 42.0. The van der Waals surface area contributed by atoms with E-state index in [0.717, 1.165) is 55.4 Å². The van der Waals surface area contributed by atoms with Gasteiger partial charge in [-0.25, -0.2) is 9.97 Å². The molecule has 10 heterocycles. The van der Waals surface area contributed by atoms with E-state index in [4.69, 9.17) is 18.9 Å². The molecule has 0 radical (unpaired) electrons. The summed E-state index contributed by atoms with van der Waals surface area (Å²) in [6.45, 7) is 1.43. The van der Waals surface area contributed by atoms with Gasteiger partial charge < -0.3 is 38.5 Å². The Morgan fingerprint density at radius 1 is 0.628 bits per heavy atom. The van der Waals surface area contributed by atoms with E-state index in [-0.39, 0.29) is 61.7 Å². The van der Waals surface area contributed by atoms with E-state index >= 15 is 0 Å². The van der Waals surface area contributed by atoms with Gasteiger partial charge in [-0.15, -0.1) is 0 Å². The van der Waals surface area contributed by atoms with E-state index in [1.807, 2.05) is 88.0 Å². The number of rotatable bonds is 6. The summed E-state index contributed by atoms with van der Waals surface area (Å²) >= 11 is 0. The first-order chi connectivity index (χ1) is 37.7. The van der Waals surface area contributed by atoms with Crippen LogP contribution in [-0.4, -0.2) is 131 Å². The van der Waals surface area contributed by atoms with Gasteiger partial charge in [-0.05, 0) is 76.9 Å². The van der Waals surface area contributed by atoms with Crippen molar-refractivity contribution in [3.63, 3.8) is 0 Å². The number of likely N-dealkylation sites (N-methyl/N-ethyl adjacent to an activating group) is 2. The maximum Gasteiger partial charge on any atom is 0.287 e. The van der Waals surface area contributed by atoms with Gasteiger partial charge in [0.25, 0.3) is 5.69 Å². The second kappa shape index (κ2) is 18.2. The molecular weight excluding hydrogens is 1000 g/mol. The number of piperazine rings is 2. The normalized spacial score (nSPS) is 19.8. The van der Waals surface area contributed by atoms with Crippen LogP contribution in [0, 0.1) is 10.1 Å². The third-order valence-corrected chi connectivity index (χ3v) is 15.3. The number of amides is 5. The minimum atomic E-state index is -0.673. The monoisotopic (exact) mass is 1050 g/mol. The van der Waals surface area contributed by atoms with Crippen molar-refractivity contribution < 1.29 is 53.1 Å². The van der Waals surface area contributed by atoms with Crippen LogP contribution < -0.4 is 24.0 Å². The van der Waals surface area contributed by atoms with Crippen LogP contribution in [0.2, 0.25) is 0 Å².